The minimum Gasteiger partial charge on any atom is -0.399 e. The van der Waals surface area contributed by atoms with Crippen molar-refractivity contribution < 1.29 is 4.79 Å². The molecule has 0 unspecified atom stereocenters. The lowest BCUT2D eigenvalue weighted by atomic mass is 10.3. The van der Waals surface area contributed by atoms with Crippen LogP contribution in [0.5, 0.6) is 0 Å². The summed E-state index contributed by atoms with van der Waals surface area (Å²) in [5.74, 6) is 0. The van der Waals surface area contributed by atoms with Crippen molar-refractivity contribution >= 4 is 57.9 Å². The monoisotopic (exact) mass is 329 g/mol. The summed E-state index contributed by atoms with van der Waals surface area (Å²) in [6.07, 6.45) is 0. The van der Waals surface area contributed by atoms with Crippen molar-refractivity contribution in [3.8, 4) is 0 Å². The zero-order valence-electron chi connectivity index (χ0n) is 10.1. The minimum atomic E-state index is -0.485. The molecule has 2 amide bonds. The fourth-order valence-electron chi connectivity index (χ4n) is 1.55. The van der Waals surface area contributed by atoms with Crippen molar-refractivity contribution in [1.82, 2.24) is 0 Å². The number of hydrogen-bond donors (Lipinski definition) is 3. The van der Waals surface area contributed by atoms with Gasteiger partial charge in [-0.05, 0) is 30.3 Å². The van der Waals surface area contributed by atoms with Gasteiger partial charge >= 0.3 is 6.03 Å². The molecule has 104 valence electrons. The highest BCUT2D eigenvalue weighted by Crippen LogP contribution is 2.33. The summed E-state index contributed by atoms with van der Waals surface area (Å²) in [7, 11) is 0. The number of nitrogen functional groups attached to an aromatic ring is 1. The predicted molar refractivity (Wildman–Crippen MR) is 85.0 cm³/mol. The quantitative estimate of drug-likeness (QED) is 0.687. The third-order valence-corrected chi connectivity index (χ3v) is 3.20. The first-order valence-corrected chi connectivity index (χ1v) is 6.67. The van der Waals surface area contributed by atoms with Gasteiger partial charge in [-0.15, -0.1) is 0 Å². The molecule has 4 nitrogen and oxygen atoms in total. The molecule has 20 heavy (non-hydrogen) atoms. The first-order valence-electron chi connectivity index (χ1n) is 5.54. The molecule has 2 aromatic carbocycles. The molecule has 2 rings (SSSR count). The number of rotatable bonds is 2. The smallest absolute Gasteiger partial charge is 0.323 e. The Labute approximate surface area is 130 Å². The van der Waals surface area contributed by atoms with Gasteiger partial charge in [-0.2, -0.15) is 0 Å². The van der Waals surface area contributed by atoms with E-state index in [1.165, 1.54) is 12.1 Å². The van der Waals surface area contributed by atoms with Crippen LogP contribution in [0.1, 0.15) is 0 Å². The van der Waals surface area contributed by atoms with Gasteiger partial charge in [-0.25, -0.2) is 4.79 Å². The molecule has 0 radical (unpaired) electrons. The van der Waals surface area contributed by atoms with Gasteiger partial charge in [0.2, 0.25) is 0 Å². The Morgan fingerprint density at radius 3 is 2.25 bits per heavy atom. The number of anilines is 3. The first-order chi connectivity index (χ1) is 9.45. The predicted octanol–water partition coefficient (Wildman–Crippen LogP) is 4.87. The Kier molecular flexibility index (Phi) is 4.60. The number of halogens is 3. The molecule has 0 aliphatic carbocycles. The lowest BCUT2D eigenvalue weighted by molar-refractivity contribution is 0.262. The lowest BCUT2D eigenvalue weighted by Gasteiger charge is -2.11. The van der Waals surface area contributed by atoms with Crippen LogP contribution in [-0.2, 0) is 0 Å². The van der Waals surface area contributed by atoms with Crippen LogP contribution in [0, 0.1) is 0 Å². The molecule has 0 spiro atoms. The highest BCUT2D eigenvalue weighted by Gasteiger charge is 2.11. The largest absolute Gasteiger partial charge is 0.399 e. The molecule has 0 aliphatic heterocycles. The van der Waals surface area contributed by atoms with Crippen LogP contribution in [0.25, 0.3) is 0 Å². The molecule has 0 bridgehead atoms. The number of carbonyl (C=O) groups is 1. The van der Waals surface area contributed by atoms with Gasteiger partial charge in [0, 0.05) is 16.4 Å². The van der Waals surface area contributed by atoms with Crippen LogP contribution in [0.2, 0.25) is 15.1 Å². The van der Waals surface area contributed by atoms with Crippen LogP contribution >= 0.6 is 34.8 Å². The summed E-state index contributed by atoms with van der Waals surface area (Å²) in [6, 6.07) is 9.28. The summed E-state index contributed by atoms with van der Waals surface area (Å²) >= 11 is 17.7. The van der Waals surface area contributed by atoms with Gasteiger partial charge < -0.3 is 16.4 Å². The topological polar surface area (TPSA) is 67.1 Å². The van der Waals surface area contributed by atoms with Gasteiger partial charge in [0.25, 0.3) is 0 Å². The molecular weight excluding hydrogens is 321 g/mol. The highest BCUT2D eigenvalue weighted by molar-refractivity contribution is 6.42. The molecule has 4 N–H and O–H groups in total. The molecule has 2 aromatic rings. The molecule has 0 fully saturated rings. The summed E-state index contributed by atoms with van der Waals surface area (Å²) in [4.78, 5) is 11.9. The van der Waals surface area contributed by atoms with E-state index in [0.717, 1.165) is 0 Å². The summed E-state index contributed by atoms with van der Waals surface area (Å²) in [5, 5.41) is 6.08. The average Bonchev–Trinajstić information content (AvgIpc) is 2.33. The van der Waals surface area contributed by atoms with Crippen molar-refractivity contribution in [2.45, 2.75) is 0 Å². The number of nitrogens with one attached hydrogen (secondary N) is 2. The van der Waals surface area contributed by atoms with Crippen LogP contribution in [0.3, 0.4) is 0 Å². The Balaban J connectivity index is 2.13. The Morgan fingerprint density at radius 1 is 1.00 bits per heavy atom. The van der Waals surface area contributed by atoms with Crippen LogP contribution in [-0.4, -0.2) is 6.03 Å². The van der Waals surface area contributed by atoms with Gasteiger partial charge in [0.05, 0.1) is 15.7 Å². The highest BCUT2D eigenvalue weighted by atomic mass is 35.5. The normalized spacial score (nSPS) is 10.2. The number of urea groups is 1. The molecular formula is C13H10Cl3N3O. The van der Waals surface area contributed by atoms with Crippen molar-refractivity contribution in [1.29, 1.82) is 0 Å². The van der Waals surface area contributed by atoms with Gasteiger partial charge in [-0.1, -0.05) is 40.9 Å². The van der Waals surface area contributed by atoms with Crippen LogP contribution in [0.15, 0.2) is 36.4 Å². The van der Waals surface area contributed by atoms with E-state index in [1.807, 2.05) is 0 Å². The minimum absolute atomic E-state index is 0.255. The second-order valence-corrected chi connectivity index (χ2v) is 5.20. The molecule has 0 aromatic heterocycles. The van der Waals surface area contributed by atoms with Crippen LogP contribution in [0.4, 0.5) is 21.9 Å². The molecule has 0 saturated carbocycles. The first kappa shape index (κ1) is 14.8. The van der Waals surface area contributed by atoms with Crippen molar-refractivity contribution in [3.05, 3.63) is 51.5 Å². The molecule has 7 heteroatoms. The van der Waals surface area contributed by atoms with Crippen molar-refractivity contribution in [3.63, 3.8) is 0 Å². The average molecular weight is 331 g/mol. The SMILES string of the molecule is Nc1cccc(NC(=O)Nc2c(Cl)cc(Cl)cc2Cl)c1. The van der Waals surface area contributed by atoms with Gasteiger partial charge in [-0.3, -0.25) is 0 Å². The fraction of sp³-hybridized carbons (Fsp3) is 0. The number of hydrogen-bond acceptors (Lipinski definition) is 2. The number of carbonyl (C=O) groups excluding carboxylic acids is 1. The number of amides is 2. The van der Waals surface area contributed by atoms with Crippen LogP contribution < -0.4 is 16.4 Å². The van der Waals surface area contributed by atoms with E-state index in [9.17, 15) is 4.79 Å². The van der Waals surface area contributed by atoms with E-state index >= 15 is 0 Å². The van der Waals surface area contributed by atoms with E-state index < -0.39 is 6.03 Å². The van der Waals surface area contributed by atoms with E-state index in [0.29, 0.717) is 22.1 Å². The fourth-order valence-corrected chi connectivity index (χ4v) is 2.47. The zero-order chi connectivity index (χ0) is 14.7. The van der Waals surface area contributed by atoms with Gasteiger partial charge in [0.15, 0.2) is 0 Å². The van der Waals surface area contributed by atoms with E-state index in [2.05, 4.69) is 10.6 Å². The number of benzene rings is 2. The molecule has 0 aliphatic rings. The Hall–Kier alpha value is -1.62. The summed E-state index contributed by atoms with van der Waals surface area (Å²) in [6.45, 7) is 0. The van der Waals surface area contributed by atoms with Crippen molar-refractivity contribution in [2.75, 3.05) is 16.4 Å². The van der Waals surface area contributed by atoms with Crippen molar-refractivity contribution in [2.24, 2.45) is 0 Å². The summed E-state index contributed by atoms with van der Waals surface area (Å²) in [5.41, 5.74) is 7.02. The molecule has 0 saturated heterocycles. The van der Waals surface area contributed by atoms with E-state index in [1.54, 1.807) is 24.3 Å². The summed E-state index contributed by atoms with van der Waals surface area (Å²) < 4.78 is 0. The third-order valence-electron chi connectivity index (χ3n) is 2.39. The maximum absolute atomic E-state index is 11.9. The maximum Gasteiger partial charge on any atom is 0.323 e. The third kappa shape index (κ3) is 3.70. The molecule has 0 heterocycles. The second-order valence-electron chi connectivity index (χ2n) is 3.95. The number of nitrogens with two attached hydrogens (primary N) is 1. The Bertz CT molecular complexity index is 638. The molecule has 0 atom stereocenters. The lowest BCUT2D eigenvalue weighted by Crippen LogP contribution is -2.19. The zero-order valence-corrected chi connectivity index (χ0v) is 12.4. The van der Waals surface area contributed by atoms with Gasteiger partial charge in [0.1, 0.15) is 0 Å². The maximum atomic E-state index is 11.9. The van der Waals surface area contributed by atoms with E-state index in [-0.39, 0.29) is 10.0 Å². The second kappa shape index (κ2) is 6.22. The Morgan fingerprint density at radius 2 is 1.65 bits per heavy atom. The standard InChI is InChI=1S/C13H10Cl3N3O/c14-7-4-10(15)12(11(16)5-7)19-13(20)18-9-3-1-2-8(17)6-9/h1-6H,17H2,(H2,18,19,20). The van der Waals surface area contributed by atoms with E-state index in [4.69, 9.17) is 40.5 Å².